The van der Waals surface area contributed by atoms with Crippen LogP contribution in [-0.2, 0) is 22.9 Å². The van der Waals surface area contributed by atoms with Crippen molar-refractivity contribution in [3.05, 3.63) is 82.2 Å². The van der Waals surface area contributed by atoms with Crippen molar-refractivity contribution in [1.29, 1.82) is 0 Å². The molecular weight excluding hydrogens is 626 g/mol. The number of fused-ring (bicyclic) bond motifs is 2. The second-order valence-electron chi connectivity index (χ2n) is 11.1. The number of imidazole rings is 1. The summed E-state index contributed by atoms with van der Waals surface area (Å²) in [4.78, 5) is 39.8. The predicted octanol–water partition coefficient (Wildman–Crippen LogP) is 6.00. The quantitative estimate of drug-likeness (QED) is 0.208. The summed E-state index contributed by atoms with van der Waals surface area (Å²) in [5.74, 6) is 1.15. The second-order valence-corrected chi connectivity index (χ2v) is 13.0. The number of piperidine rings is 1. The summed E-state index contributed by atoms with van der Waals surface area (Å²) in [6, 6.07) is 12.3. The molecule has 0 spiro atoms. The Labute approximate surface area is 263 Å². The number of carbonyl (C=O) groups is 1. The highest BCUT2D eigenvalue weighted by Crippen LogP contribution is 2.63. The molecule has 1 saturated heterocycles. The maximum absolute atomic E-state index is 13.4. The van der Waals surface area contributed by atoms with Crippen molar-refractivity contribution in [2.24, 2.45) is 11.8 Å². The third kappa shape index (κ3) is 5.81. The number of anilines is 1. The van der Waals surface area contributed by atoms with Crippen LogP contribution in [0.4, 0.5) is 23.9 Å². The summed E-state index contributed by atoms with van der Waals surface area (Å²) in [6.45, 7) is 3.96. The lowest BCUT2D eigenvalue weighted by atomic mass is 10.0. The molecule has 2 N–H and O–H groups in total. The van der Waals surface area contributed by atoms with E-state index in [9.17, 15) is 18.0 Å². The van der Waals surface area contributed by atoms with Gasteiger partial charge in [0.15, 0.2) is 17.0 Å². The van der Waals surface area contributed by atoms with Gasteiger partial charge in [-0.05, 0) is 42.9 Å². The summed E-state index contributed by atoms with van der Waals surface area (Å²) in [7, 11) is 0. The van der Waals surface area contributed by atoms with Gasteiger partial charge in [-0.15, -0.1) is 11.3 Å². The molecule has 1 aliphatic carbocycles. The molecule has 3 atom stereocenters. The van der Waals surface area contributed by atoms with Crippen molar-refractivity contribution >= 4 is 46.4 Å². The minimum absolute atomic E-state index is 0.0588. The topological polar surface area (TPSA) is 122 Å². The second kappa shape index (κ2) is 11.6. The van der Waals surface area contributed by atoms with Gasteiger partial charge < -0.3 is 19.9 Å². The number of amides is 1. The molecule has 4 aromatic heterocycles. The van der Waals surface area contributed by atoms with Crippen LogP contribution in [0.3, 0.4) is 0 Å². The van der Waals surface area contributed by atoms with E-state index >= 15 is 0 Å². The number of benzene rings is 1. The fraction of sp³-hybridized carbons (Fsp3) is 0.333. The van der Waals surface area contributed by atoms with Gasteiger partial charge in [-0.3, -0.25) is 4.98 Å². The number of carbonyl (C=O) groups excluding carboxylic acids is 1. The van der Waals surface area contributed by atoms with E-state index in [0.717, 1.165) is 47.2 Å². The fourth-order valence-corrected chi connectivity index (χ4v) is 8.15. The van der Waals surface area contributed by atoms with Gasteiger partial charge in [0.25, 0.3) is 0 Å². The third-order valence-electron chi connectivity index (χ3n) is 8.31. The predicted molar refractivity (Wildman–Crippen MR) is 162 cm³/mol. The molecule has 45 heavy (non-hydrogen) atoms. The van der Waals surface area contributed by atoms with E-state index < -0.39 is 18.0 Å². The van der Waals surface area contributed by atoms with Gasteiger partial charge in [-0.2, -0.15) is 18.2 Å². The van der Waals surface area contributed by atoms with Crippen LogP contribution in [0.25, 0.3) is 11.3 Å². The molecule has 0 radical (unpaired) electrons. The minimum atomic E-state index is -4.58. The molecule has 2 fully saturated rings. The summed E-state index contributed by atoms with van der Waals surface area (Å²) < 4.78 is 45.8. The molecule has 1 saturated carbocycles. The molecule has 1 aliphatic heterocycles. The first kappa shape index (κ1) is 29.5. The number of nitrogens with zero attached hydrogens (tertiary/aromatic N) is 6. The average molecular weight is 653 g/mol. The van der Waals surface area contributed by atoms with Gasteiger partial charge in [0.2, 0.25) is 5.95 Å². The Morgan fingerprint density at radius 1 is 1.16 bits per heavy atom. The first-order chi connectivity index (χ1) is 21.7. The van der Waals surface area contributed by atoms with Crippen LogP contribution in [0.5, 0.6) is 0 Å². The highest BCUT2D eigenvalue weighted by atomic mass is 32.2. The van der Waals surface area contributed by atoms with E-state index in [-0.39, 0.29) is 27.9 Å². The molecule has 3 unspecified atom stereocenters. The van der Waals surface area contributed by atoms with E-state index in [1.54, 1.807) is 11.3 Å². The van der Waals surface area contributed by atoms with Crippen LogP contribution in [0.2, 0.25) is 0 Å². The number of pyridine rings is 1. The van der Waals surface area contributed by atoms with Gasteiger partial charge in [0.1, 0.15) is 16.6 Å². The van der Waals surface area contributed by atoms with Gasteiger partial charge >= 0.3 is 12.3 Å². The van der Waals surface area contributed by atoms with Crippen molar-refractivity contribution in [2.45, 2.75) is 41.5 Å². The number of thiazole rings is 1. The number of alkyl halides is 3. The number of halogens is 3. The first-order valence-electron chi connectivity index (χ1n) is 14.3. The number of aromatic amines is 1. The Morgan fingerprint density at radius 2 is 2.00 bits per heavy atom. The largest absolute Gasteiger partial charge is 0.445 e. The van der Waals surface area contributed by atoms with Crippen molar-refractivity contribution in [1.82, 2.24) is 35.2 Å². The number of hydrogen-bond acceptors (Lipinski definition) is 10. The molecule has 7 rings (SSSR count). The zero-order valence-electron chi connectivity index (χ0n) is 23.9. The molecule has 10 nitrogen and oxygen atoms in total. The van der Waals surface area contributed by atoms with E-state index in [4.69, 9.17) is 9.72 Å². The number of H-pyrrole nitrogens is 1. The Bertz CT molecular complexity index is 1850. The smallest absolute Gasteiger partial charge is 0.434 e. The number of aryl methyl sites for hydroxylation is 1. The summed E-state index contributed by atoms with van der Waals surface area (Å²) >= 11 is 2.45. The summed E-state index contributed by atoms with van der Waals surface area (Å²) in [5, 5.41) is 6.32. The molecule has 0 bridgehead atoms. The number of hydrogen-bond donors (Lipinski definition) is 2. The standard InChI is InChI=1S/C30H27F3N8O2S2/c1-17-15-44-26(37-17)29(16-36-28(42)43-14-18-6-3-2-4-7-18)19-9-11-41(13-20(19)29)27-39-24-25(40-27)38-22(12-35-24)45-21-8-5-10-34-23(21)30(31,32)33/h2-8,10,12,15,19-20H,9,11,13-14,16H2,1H3,(H,36,42)(H,35,38,39,40). The molecule has 1 amide bonds. The van der Waals surface area contributed by atoms with Crippen LogP contribution in [0.1, 0.15) is 28.4 Å². The molecule has 5 aromatic rings. The van der Waals surface area contributed by atoms with E-state index in [1.165, 1.54) is 18.3 Å². The number of nitrogens with one attached hydrogen (secondary N) is 2. The maximum atomic E-state index is 13.4. The zero-order chi connectivity index (χ0) is 31.2. The highest BCUT2D eigenvalue weighted by molar-refractivity contribution is 7.99. The van der Waals surface area contributed by atoms with Crippen molar-refractivity contribution in [2.75, 3.05) is 24.5 Å². The van der Waals surface area contributed by atoms with E-state index in [2.05, 4.69) is 35.1 Å². The zero-order valence-corrected chi connectivity index (χ0v) is 25.5. The normalized spacial score (nSPS) is 21.0. The summed E-state index contributed by atoms with van der Waals surface area (Å²) in [5.41, 5.74) is 1.33. The van der Waals surface area contributed by atoms with Crippen molar-refractivity contribution < 1.29 is 22.7 Å². The van der Waals surface area contributed by atoms with Crippen LogP contribution in [-0.4, -0.2) is 55.6 Å². The van der Waals surface area contributed by atoms with Crippen LogP contribution < -0.4 is 10.2 Å². The lowest BCUT2D eigenvalue weighted by Gasteiger charge is -2.25. The van der Waals surface area contributed by atoms with Gasteiger partial charge in [0, 0.05) is 47.2 Å². The van der Waals surface area contributed by atoms with Crippen molar-refractivity contribution in [3.8, 4) is 0 Å². The summed E-state index contributed by atoms with van der Waals surface area (Å²) in [6.07, 6.45) is -1.65. The molecule has 15 heteroatoms. The number of alkyl carbamates (subject to hydrolysis) is 1. The van der Waals surface area contributed by atoms with E-state index in [0.29, 0.717) is 36.3 Å². The molecule has 5 heterocycles. The fourth-order valence-electron chi connectivity index (χ4n) is 6.15. The van der Waals surface area contributed by atoms with Crippen molar-refractivity contribution in [3.63, 3.8) is 0 Å². The average Bonchev–Trinajstić information content (AvgIpc) is 3.28. The van der Waals surface area contributed by atoms with Gasteiger partial charge in [0.05, 0.1) is 6.20 Å². The highest BCUT2D eigenvalue weighted by Gasteiger charge is 2.68. The third-order valence-corrected chi connectivity index (χ3v) is 10.4. The Kier molecular flexibility index (Phi) is 7.60. The Morgan fingerprint density at radius 3 is 2.78 bits per heavy atom. The van der Waals surface area contributed by atoms with Gasteiger partial charge in [-0.1, -0.05) is 42.1 Å². The number of rotatable bonds is 8. The lowest BCUT2D eigenvalue weighted by molar-refractivity contribution is -0.143. The van der Waals surface area contributed by atoms with E-state index in [1.807, 2.05) is 42.6 Å². The van der Waals surface area contributed by atoms with Crippen LogP contribution in [0.15, 0.2) is 70.2 Å². The SMILES string of the molecule is Cc1csc(C2(CNC(=O)OCc3ccccc3)C3CCN(c4nc5nc(Sc6cccnc6C(F)(F)F)cnc5[nH]4)CC32)n1. The number of ether oxygens (including phenoxy) is 1. The monoisotopic (exact) mass is 652 g/mol. The lowest BCUT2D eigenvalue weighted by Crippen LogP contribution is -2.35. The molecular formula is C30H27F3N8O2S2. The first-order valence-corrected chi connectivity index (χ1v) is 16.0. The molecule has 1 aromatic carbocycles. The minimum Gasteiger partial charge on any atom is -0.445 e. The Balaban J connectivity index is 1.06. The number of aromatic nitrogens is 6. The van der Waals surface area contributed by atoms with Crippen LogP contribution >= 0.6 is 23.1 Å². The van der Waals surface area contributed by atoms with Gasteiger partial charge in [-0.25, -0.2) is 19.7 Å². The maximum Gasteiger partial charge on any atom is 0.434 e. The Hall–Kier alpha value is -4.24. The van der Waals surface area contributed by atoms with Crippen LogP contribution in [0, 0.1) is 18.8 Å². The molecule has 2 aliphatic rings. The molecule has 232 valence electrons.